The molecule has 0 aliphatic carbocycles. The van der Waals surface area contributed by atoms with Crippen LogP contribution in [0, 0.1) is 0 Å². The zero-order valence-electron chi connectivity index (χ0n) is 9.12. The molecule has 0 aromatic carbocycles. The Bertz CT molecular complexity index is 197. The van der Waals surface area contributed by atoms with Crippen molar-refractivity contribution in [1.82, 2.24) is 0 Å². The normalized spacial score (nSPS) is 15.6. The second-order valence-corrected chi connectivity index (χ2v) is 3.89. The number of allylic oxidation sites excluding steroid dienone is 1. The van der Waals surface area contributed by atoms with E-state index >= 15 is 0 Å². The maximum absolute atomic E-state index is 10.6. The Morgan fingerprint density at radius 1 is 1.43 bits per heavy atom. The number of carboxylic acid groups (broad SMARTS) is 1. The van der Waals surface area contributed by atoms with Gasteiger partial charge >= 0.3 is 5.97 Å². The molecule has 0 spiro atoms. The smallest absolute Gasteiger partial charge is 0.323 e. The van der Waals surface area contributed by atoms with E-state index in [0.29, 0.717) is 6.42 Å². The number of carbonyl (C=O) groups is 1. The first-order valence-electron chi connectivity index (χ1n) is 5.18. The number of aliphatic carboxylic acids is 1. The molecule has 0 bridgehead atoms. The Labute approximate surface area is 86.0 Å². The summed E-state index contributed by atoms with van der Waals surface area (Å²) >= 11 is 0. The minimum atomic E-state index is -1.12. The molecule has 0 saturated heterocycles. The van der Waals surface area contributed by atoms with Crippen molar-refractivity contribution < 1.29 is 9.90 Å². The second-order valence-electron chi connectivity index (χ2n) is 3.89. The van der Waals surface area contributed by atoms with E-state index in [1.807, 2.05) is 12.2 Å². The topological polar surface area (TPSA) is 63.3 Å². The number of unbranched alkanes of at least 4 members (excludes halogenated alkanes) is 3. The summed E-state index contributed by atoms with van der Waals surface area (Å²) in [6.45, 7) is 3.69. The van der Waals surface area contributed by atoms with Gasteiger partial charge in [0, 0.05) is 0 Å². The predicted molar refractivity (Wildman–Crippen MR) is 58.1 cm³/mol. The van der Waals surface area contributed by atoms with E-state index in [2.05, 4.69) is 6.92 Å². The highest BCUT2D eigenvalue weighted by molar-refractivity contribution is 5.78. The molecule has 0 rings (SSSR count). The van der Waals surface area contributed by atoms with Crippen molar-refractivity contribution in [2.75, 3.05) is 0 Å². The largest absolute Gasteiger partial charge is 0.480 e. The van der Waals surface area contributed by atoms with Gasteiger partial charge in [0.2, 0.25) is 0 Å². The lowest BCUT2D eigenvalue weighted by Crippen LogP contribution is -2.44. The fourth-order valence-corrected chi connectivity index (χ4v) is 1.05. The van der Waals surface area contributed by atoms with Crippen molar-refractivity contribution in [3.05, 3.63) is 12.2 Å². The van der Waals surface area contributed by atoms with Crippen molar-refractivity contribution in [3.8, 4) is 0 Å². The van der Waals surface area contributed by atoms with Gasteiger partial charge in [0.05, 0.1) is 0 Å². The van der Waals surface area contributed by atoms with Crippen LogP contribution in [0.15, 0.2) is 12.2 Å². The maximum Gasteiger partial charge on any atom is 0.323 e. The molecule has 0 heterocycles. The first-order valence-corrected chi connectivity index (χ1v) is 5.18. The van der Waals surface area contributed by atoms with Gasteiger partial charge in [0.25, 0.3) is 0 Å². The van der Waals surface area contributed by atoms with Crippen molar-refractivity contribution in [2.24, 2.45) is 5.73 Å². The minimum absolute atomic E-state index is 0.397. The summed E-state index contributed by atoms with van der Waals surface area (Å²) < 4.78 is 0. The van der Waals surface area contributed by atoms with Crippen LogP contribution in [-0.4, -0.2) is 16.6 Å². The van der Waals surface area contributed by atoms with E-state index in [1.54, 1.807) is 0 Å². The molecule has 0 aromatic rings. The third kappa shape index (κ3) is 5.75. The van der Waals surface area contributed by atoms with Crippen LogP contribution in [0.3, 0.4) is 0 Å². The fourth-order valence-electron chi connectivity index (χ4n) is 1.05. The second kappa shape index (κ2) is 6.60. The molecule has 3 nitrogen and oxygen atoms in total. The molecule has 0 radical (unpaired) electrons. The highest BCUT2D eigenvalue weighted by Crippen LogP contribution is 2.07. The SMILES string of the molecule is CCCCCC=CC[C@@](C)(N)C(=O)O. The van der Waals surface area contributed by atoms with E-state index in [0.717, 1.165) is 6.42 Å². The Hall–Kier alpha value is -0.830. The van der Waals surface area contributed by atoms with Crippen molar-refractivity contribution in [2.45, 2.75) is 51.5 Å². The third-order valence-electron chi connectivity index (χ3n) is 2.17. The van der Waals surface area contributed by atoms with Gasteiger partial charge in [-0.15, -0.1) is 0 Å². The molecule has 0 saturated carbocycles. The zero-order chi connectivity index (χ0) is 11.0. The Kier molecular flexibility index (Phi) is 6.21. The standard InChI is InChI=1S/C11H21NO2/c1-3-4-5-6-7-8-9-11(2,12)10(13)14/h7-8H,3-6,9,12H2,1-2H3,(H,13,14)/t11-/m1/s1. The van der Waals surface area contributed by atoms with Gasteiger partial charge in [-0.2, -0.15) is 0 Å². The fraction of sp³-hybridized carbons (Fsp3) is 0.727. The van der Waals surface area contributed by atoms with Crippen molar-refractivity contribution in [3.63, 3.8) is 0 Å². The van der Waals surface area contributed by atoms with E-state index < -0.39 is 11.5 Å². The Morgan fingerprint density at radius 2 is 2.07 bits per heavy atom. The maximum atomic E-state index is 10.6. The first-order chi connectivity index (χ1) is 6.50. The van der Waals surface area contributed by atoms with E-state index in [9.17, 15) is 4.79 Å². The molecule has 3 heteroatoms. The Balaban J connectivity index is 3.65. The van der Waals surface area contributed by atoms with Crippen LogP contribution < -0.4 is 5.73 Å². The van der Waals surface area contributed by atoms with Gasteiger partial charge < -0.3 is 10.8 Å². The summed E-state index contributed by atoms with van der Waals surface area (Å²) in [5, 5.41) is 8.72. The van der Waals surface area contributed by atoms with Gasteiger partial charge in [-0.25, -0.2) is 0 Å². The number of hydrogen-bond donors (Lipinski definition) is 2. The molecule has 0 aromatic heterocycles. The third-order valence-corrected chi connectivity index (χ3v) is 2.17. The molecule has 1 atom stereocenters. The van der Waals surface area contributed by atoms with Crippen LogP contribution in [0.5, 0.6) is 0 Å². The average Bonchev–Trinajstić information content (AvgIpc) is 2.10. The number of nitrogens with two attached hydrogens (primary N) is 1. The van der Waals surface area contributed by atoms with E-state index in [4.69, 9.17) is 10.8 Å². The van der Waals surface area contributed by atoms with Crippen molar-refractivity contribution in [1.29, 1.82) is 0 Å². The number of carboxylic acids is 1. The summed E-state index contributed by atoms with van der Waals surface area (Å²) in [6.07, 6.45) is 8.90. The highest BCUT2D eigenvalue weighted by atomic mass is 16.4. The molecule has 0 aliphatic rings. The van der Waals surface area contributed by atoms with Gasteiger partial charge in [-0.1, -0.05) is 31.9 Å². The zero-order valence-corrected chi connectivity index (χ0v) is 9.12. The van der Waals surface area contributed by atoms with Gasteiger partial charge in [0.1, 0.15) is 5.54 Å². The molecular weight excluding hydrogens is 178 g/mol. The first kappa shape index (κ1) is 13.2. The molecule has 14 heavy (non-hydrogen) atoms. The molecule has 0 fully saturated rings. The summed E-state index contributed by atoms with van der Waals surface area (Å²) in [5.41, 5.74) is 4.43. The summed E-state index contributed by atoms with van der Waals surface area (Å²) in [4.78, 5) is 10.6. The number of hydrogen-bond acceptors (Lipinski definition) is 2. The van der Waals surface area contributed by atoms with Gasteiger partial charge in [0.15, 0.2) is 0 Å². The predicted octanol–water partition coefficient (Wildman–Crippen LogP) is 2.31. The van der Waals surface area contributed by atoms with Crippen LogP contribution in [0.25, 0.3) is 0 Å². The van der Waals surface area contributed by atoms with Crippen LogP contribution in [0.2, 0.25) is 0 Å². The molecule has 0 unspecified atom stereocenters. The summed E-state index contributed by atoms with van der Waals surface area (Å²) in [7, 11) is 0. The van der Waals surface area contributed by atoms with Gasteiger partial charge in [-0.05, 0) is 26.2 Å². The lowest BCUT2D eigenvalue weighted by atomic mass is 9.99. The molecule has 0 amide bonds. The van der Waals surface area contributed by atoms with Crippen LogP contribution >= 0.6 is 0 Å². The highest BCUT2D eigenvalue weighted by Gasteiger charge is 2.25. The quantitative estimate of drug-likeness (QED) is 0.488. The average molecular weight is 199 g/mol. The van der Waals surface area contributed by atoms with Crippen LogP contribution in [0.1, 0.15) is 46.0 Å². The molecule has 3 N–H and O–H groups in total. The molecule has 0 aliphatic heterocycles. The summed E-state index contributed by atoms with van der Waals surface area (Å²) in [6, 6.07) is 0. The van der Waals surface area contributed by atoms with Crippen LogP contribution in [-0.2, 0) is 4.79 Å². The van der Waals surface area contributed by atoms with E-state index in [1.165, 1.54) is 26.2 Å². The molecule has 82 valence electrons. The van der Waals surface area contributed by atoms with Gasteiger partial charge in [-0.3, -0.25) is 4.79 Å². The number of rotatable bonds is 7. The van der Waals surface area contributed by atoms with Crippen LogP contribution in [0.4, 0.5) is 0 Å². The Morgan fingerprint density at radius 3 is 2.57 bits per heavy atom. The minimum Gasteiger partial charge on any atom is -0.480 e. The lowest BCUT2D eigenvalue weighted by molar-refractivity contribution is -0.142. The monoisotopic (exact) mass is 199 g/mol. The summed E-state index contributed by atoms with van der Waals surface area (Å²) in [5.74, 6) is -0.948. The lowest BCUT2D eigenvalue weighted by Gasteiger charge is -2.16. The molecular formula is C11H21NO2. The van der Waals surface area contributed by atoms with E-state index in [-0.39, 0.29) is 0 Å². The van der Waals surface area contributed by atoms with Crippen molar-refractivity contribution >= 4 is 5.97 Å².